The van der Waals surface area contributed by atoms with Crippen LogP contribution in [0.15, 0.2) is 30.0 Å². The quantitative estimate of drug-likeness (QED) is 0.735. The van der Waals surface area contributed by atoms with Gasteiger partial charge in [0.05, 0.1) is 0 Å². The van der Waals surface area contributed by atoms with Gasteiger partial charge in [0.25, 0.3) is 0 Å². The number of aliphatic hydroxyl groups excluding tert-OH is 1. The van der Waals surface area contributed by atoms with E-state index >= 15 is 0 Å². The van der Waals surface area contributed by atoms with Crippen molar-refractivity contribution in [3.8, 4) is 0 Å². The number of hydrogen-bond acceptors (Lipinski definition) is 2. The zero-order chi connectivity index (χ0) is 10.3. The summed E-state index contributed by atoms with van der Waals surface area (Å²) >= 11 is 0. The first-order valence-corrected chi connectivity index (χ1v) is 4.70. The highest BCUT2D eigenvalue weighted by Crippen LogP contribution is 2.35. The van der Waals surface area contributed by atoms with Gasteiger partial charge in [-0.25, -0.2) is 0 Å². The molecule has 0 saturated heterocycles. The van der Waals surface area contributed by atoms with Gasteiger partial charge in [-0.15, -0.1) is 0 Å². The van der Waals surface area contributed by atoms with E-state index in [9.17, 15) is 9.90 Å². The molecule has 0 bridgehead atoms. The Labute approximate surface area is 82.9 Å². The van der Waals surface area contributed by atoms with Crippen molar-refractivity contribution in [1.29, 1.82) is 0 Å². The predicted octanol–water partition coefficient (Wildman–Crippen LogP) is 2.81. The summed E-state index contributed by atoms with van der Waals surface area (Å²) in [5.74, 6) is -0.159. The summed E-state index contributed by atoms with van der Waals surface area (Å²) in [5.41, 5.74) is 2.27. The number of aliphatic hydroxyl groups is 1. The van der Waals surface area contributed by atoms with Crippen molar-refractivity contribution < 1.29 is 9.90 Å². The second-order valence-electron chi connectivity index (χ2n) is 3.79. The van der Waals surface area contributed by atoms with Crippen LogP contribution in [0, 0.1) is 5.92 Å². The molecule has 2 heteroatoms. The summed E-state index contributed by atoms with van der Waals surface area (Å²) in [5, 5.41) is 9.68. The molecule has 72 valence electrons. The molecule has 14 heavy (non-hydrogen) atoms. The Morgan fingerprint density at radius 2 is 1.71 bits per heavy atom. The third-order valence-electron chi connectivity index (χ3n) is 2.51. The maximum absolute atomic E-state index is 11.6. The van der Waals surface area contributed by atoms with Crippen molar-refractivity contribution in [2.45, 2.75) is 13.8 Å². The van der Waals surface area contributed by atoms with Crippen LogP contribution in [0.2, 0.25) is 0 Å². The van der Waals surface area contributed by atoms with E-state index < -0.39 is 0 Å². The van der Waals surface area contributed by atoms with Gasteiger partial charge in [0.2, 0.25) is 5.78 Å². The molecular formula is C12H12O2. The number of Topliss-reactive ketones (excluding diaryl/α,β-unsaturated/α-hetero) is 1. The fourth-order valence-corrected chi connectivity index (χ4v) is 1.88. The number of rotatable bonds is 1. The van der Waals surface area contributed by atoms with Gasteiger partial charge < -0.3 is 5.11 Å². The number of hydrogen-bond donors (Lipinski definition) is 1. The monoisotopic (exact) mass is 188 g/mol. The van der Waals surface area contributed by atoms with Crippen molar-refractivity contribution in [3.05, 3.63) is 41.2 Å². The largest absolute Gasteiger partial charge is 0.504 e. The Morgan fingerprint density at radius 3 is 2.29 bits per heavy atom. The molecule has 0 radical (unpaired) electrons. The molecule has 2 rings (SSSR count). The number of carbonyl (C=O) groups excluding carboxylic acids is 1. The van der Waals surface area contributed by atoms with Crippen LogP contribution < -0.4 is 0 Å². The van der Waals surface area contributed by atoms with Crippen LogP contribution in [-0.4, -0.2) is 10.9 Å². The van der Waals surface area contributed by atoms with Crippen molar-refractivity contribution >= 4 is 11.4 Å². The molecule has 0 atom stereocenters. The van der Waals surface area contributed by atoms with Crippen molar-refractivity contribution in [2.24, 2.45) is 5.92 Å². The minimum Gasteiger partial charge on any atom is -0.504 e. The average molecular weight is 188 g/mol. The van der Waals surface area contributed by atoms with Crippen LogP contribution in [-0.2, 0) is 0 Å². The van der Waals surface area contributed by atoms with E-state index in [1.807, 2.05) is 32.0 Å². The molecule has 1 aromatic carbocycles. The molecule has 0 amide bonds. The fraction of sp³-hybridized carbons (Fsp3) is 0.250. The molecule has 0 aromatic heterocycles. The third-order valence-corrected chi connectivity index (χ3v) is 2.51. The van der Waals surface area contributed by atoms with Gasteiger partial charge in [0, 0.05) is 11.1 Å². The first kappa shape index (κ1) is 9.00. The molecule has 0 unspecified atom stereocenters. The average Bonchev–Trinajstić information content (AvgIpc) is 2.41. The maximum atomic E-state index is 11.6. The van der Waals surface area contributed by atoms with E-state index in [1.54, 1.807) is 6.07 Å². The lowest BCUT2D eigenvalue weighted by Crippen LogP contribution is -1.97. The topological polar surface area (TPSA) is 37.3 Å². The highest BCUT2D eigenvalue weighted by atomic mass is 16.3. The van der Waals surface area contributed by atoms with Gasteiger partial charge >= 0.3 is 0 Å². The summed E-state index contributed by atoms with van der Waals surface area (Å²) in [6, 6.07) is 7.33. The standard InChI is InChI=1S/C12H12O2/c1-7(2)10-8-5-3-4-6-9(8)11(13)12(10)14/h3-7H,1-2H3,(H,13,14). The Hall–Kier alpha value is -1.57. The SMILES string of the molecule is CC(C)C1=C(O)C(=O)c2ccccc21. The molecule has 0 heterocycles. The van der Waals surface area contributed by atoms with E-state index in [0.29, 0.717) is 5.56 Å². The van der Waals surface area contributed by atoms with Gasteiger partial charge in [-0.05, 0) is 11.5 Å². The van der Waals surface area contributed by atoms with Crippen LogP contribution in [0.5, 0.6) is 0 Å². The molecule has 1 N–H and O–H groups in total. The number of benzene rings is 1. The molecule has 0 saturated carbocycles. The number of fused-ring (bicyclic) bond motifs is 1. The smallest absolute Gasteiger partial charge is 0.228 e. The molecule has 0 spiro atoms. The van der Waals surface area contributed by atoms with E-state index in [1.165, 1.54) is 0 Å². The molecule has 0 fully saturated rings. The van der Waals surface area contributed by atoms with Crippen LogP contribution in [0.3, 0.4) is 0 Å². The fourth-order valence-electron chi connectivity index (χ4n) is 1.88. The van der Waals surface area contributed by atoms with Gasteiger partial charge in [0.1, 0.15) is 0 Å². The third kappa shape index (κ3) is 1.07. The Morgan fingerprint density at radius 1 is 1.14 bits per heavy atom. The second-order valence-corrected chi connectivity index (χ2v) is 3.79. The summed E-state index contributed by atoms with van der Waals surface area (Å²) in [7, 11) is 0. The number of carbonyl (C=O) groups is 1. The van der Waals surface area contributed by atoms with Gasteiger partial charge in [-0.3, -0.25) is 4.79 Å². The van der Waals surface area contributed by atoms with Crippen LogP contribution in [0.1, 0.15) is 29.8 Å². The van der Waals surface area contributed by atoms with Crippen LogP contribution in [0.4, 0.5) is 0 Å². The van der Waals surface area contributed by atoms with Gasteiger partial charge in [0.15, 0.2) is 5.76 Å². The van der Waals surface area contributed by atoms with E-state index in [4.69, 9.17) is 0 Å². The maximum Gasteiger partial charge on any atom is 0.228 e. The van der Waals surface area contributed by atoms with E-state index in [-0.39, 0.29) is 17.5 Å². The normalized spacial score (nSPS) is 15.2. The van der Waals surface area contributed by atoms with Gasteiger partial charge in [-0.2, -0.15) is 0 Å². The summed E-state index contributed by atoms with van der Waals surface area (Å²) in [6.45, 7) is 3.95. The van der Waals surface area contributed by atoms with Crippen molar-refractivity contribution in [1.82, 2.24) is 0 Å². The van der Waals surface area contributed by atoms with Gasteiger partial charge in [-0.1, -0.05) is 38.1 Å². The zero-order valence-electron chi connectivity index (χ0n) is 8.24. The highest BCUT2D eigenvalue weighted by molar-refractivity contribution is 6.19. The summed E-state index contributed by atoms with van der Waals surface area (Å²) in [6.07, 6.45) is 0. The highest BCUT2D eigenvalue weighted by Gasteiger charge is 2.30. The van der Waals surface area contributed by atoms with Crippen molar-refractivity contribution in [3.63, 3.8) is 0 Å². The lowest BCUT2D eigenvalue weighted by atomic mass is 9.97. The number of ketones is 1. The molecule has 1 aliphatic rings. The Kier molecular flexibility index (Phi) is 1.92. The lowest BCUT2D eigenvalue weighted by molar-refractivity contribution is 0.0983. The molecule has 0 aliphatic heterocycles. The van der Waals surface area contributed by atoms with Crippen molar-refractivity contribution in [2.75, 3.05) is 0 Å². The molecule has 1 aromatic rings. The molecule has 1 aliphatic carbocycles. The van der Waals surface area contributed by atoms with Crippen LogP contribution in [0.25, 0.3) is 5.57 Å². The minimum absolute atomic E-state index is 0.0822. The zero-order valence-corrected chi connectivity index (χ0v) is 8.24. The predicted molar refractivity (Wildman–Crippen MR) is 55.2 cm³/mol. The molecular weight excluding hydrogens is 176 g/mol. The summed E-state index contributed by atoms with van der Waals surface area (Å²) in [4.78, 5) is 11.6. The minimum atomic E-state index is -0.246. The first-order chi connectivity index (χ1) is 6.63. The lowest BCUT2D eigenvalue weighted by Gasteiger charge is -2.07. The Bertz CT molecular complexity index is 428. The van der Waals surface area contributed by atoms with E-state index in [2.05, 4.69) is 0 Å². The number of allylic oxidation sites excluding steroid dienone is 2. The second kappa shape index (κ2) is 2.98. The first-order valence-electron chi connectivity index (χ1n) is 4.70. The van der Waals surface area contributed by atoms with Crippen LogP contribution >= 0.6 is 0 Å². The molecule has 2 nitrogen and oxygen atoms in total. The van der Waals surface area contributed by atoms with E-state index in [0.717, 1.165) is 11.1 Å². The Balaban J connectivity index is 2.67. The summed E-state index contributed by atoms with van der Waals surface area (Å²) < 4.78 is 0.